The predicted octanol–water partition coefficient (Wildman–Crippen LogP) is -2.50. The van der Waals surface area contributed by atoms with Crippen LogP contribution >= 0.6 is 11.8 Å². The van der Waals surface area contributed by atoms with Crippen molar-refractivity contribution in [3.8, 4) is 5.75 Å². The van der Waals surface area contributed by atoms with Crippen molar-refractivity contribution in [2.75, 3.05) is 25.2 Å². The van der Waals surface area contributed by atoms with Gasteiger partial charge in [0, 0.05) is 37.7 Å². The van der Waals surface area contributed by atoms with E-state index in [4.69, 9.17) is 17.2 Å². The molecule has 1 aromatic carbocycles. The SMILES string of the molecule is CC[C@H](C)[C@H](NC(=O)[C@H](CCC(=O)O)NC(=O)[C@H](C)NC(=O)[C@H](CCCN=C(N)N)NC(=O)[C@H](Cc1ccc(O)cc1)NC(=O)[C@@H](NC(=O)[C@@H](NC(=O)[C@@H](N)CCSC)[C@@H](C)CC)[C@@H](C)CC)C(=O)N[C@@H](CO)C(=O)N[C@@H](Cc1cnc[nH]1)C(=O)O. The van der Waals surface area contributed by atoms with Gasteiger partial charge in [-0.25, -0.2) is 9.78 Å². The molecule has 31 heteroatoms. The molecule has 480 valence electrons. The number of phenolic OH excluding ortho intramolecular Hbond substituents is 1. The van der Waals surface area contributed by atoms with Crippen molar-refractivity contribution in [1.29, 1.82) is 0 Å². The first-order valence-corrected chi connectivity index (χ1v) is 29.8. The number of rotatable bonds is 40. The van der Waals surface area contributed by atoms with Crippen molar-refractivity contribution in [2.24, 2.45) is 39.9 Å². The topological polar surface area (TPSA) is 496 Å². The van der Waals surface area contributed by atoms with Crippen LogP contribution in [0, 0.1) is 17.8 Å². The molecule has 2 aromatic rings. The number of aliphatic hydroxyl groups excluding tert-OH is 1. The largest absolute Gasteiger partial charge is 0.508 e. The Bertz CT molecular complexity index is 2590. The monoisotopic (exact) mass is 1230 g/mol. The number of guanidine groups is 1. The standard InChI is InChI=1S/C55H89N15O15S/c1-9-28(4)42(52(82)67-40(26-71)50(80)66-39(54(84)85)24-33-25-59-27-61-33)69-48(78)37(18-19-41(73)74)63-45(75)31(7)62-47(77)36(13-12-21-60-55(57)58)64-49(79)38(23-32-14-16-34(72)17-15-32)65-51(81)43(29(5)10-2)70-53(83)44(30(6)11-3)68-46(76)35(56)20-22-86-8/h14-17,25,27-31,35-40,42-44,71-72H,9-13,18-24,26,56H2,1-8H3,(H,59,61)(H,62,77)(H,63,75)(H,64,79)(H,65,81)(H,66,80)(H,67,82)(H,68,76)(H,69,78)(H,70,83)(H,73,74)(H,84,85)(H4,57,58,60)/t28-,29-,30-,31-,35-,36-,37-,38-,39-,40-,42-,43-,44-/m0/s1. The molecule has 1 aromatic heterocycles. The number of aliphatic hydroxyl groups is 1. The summed E-state index contributed by atoms with van der Waals surface area (Å²) >= 11 is 1.51. The summed E-state index contributed by atoms with van der Waals surface area (Å²) in [4.78, 5) is 160. The maximum atomic E-state index is 14.6. The van der Waals surface area contributed by atoms with Crippen molar-refractivity contribution in [3.63, 3.8) is 0 Å². The van der Waals surface area contributed by atoms with E-state index in [1.807, 2.05) is 13.2 Å². The second kappa shape index (κ2) is 38.1. The molecular formula is C55H89N15O15S. The van der Waals surface area contributed by atoms with E-state index in [2.05, 4.69) is 62.8 Å². The summed E-state index contributed by atoms with van der Waals surface area (Å²) < 4.78 is 0. The van der Waals surface area contributed by atoms with Gasteiger partial charge in [0.05, 0.1) is 19.0 Å². The number of nitrogens with one attached hydrogen (secondary N) is 10. The zero-order chi connectivity index (χ0) is 64.8. The smallest absolute Gasteiger partial charge is 0.326 e. The van der Waals surface area contributed by atoms with Crippen LogP contribution in [0.2, 0.25) is 0 Å². The number of aromatic hydroxyl groups is 1. The van der Waals surface area contributed by atoms with Crippen LogP contribution in [0.25, 0.3) is 0 Å². The number of nitrogens with two attached hydrogens (primary N) is 3. The molecule has 0 aliphatic rings. The predicted molar refractivity (Wildman–Crippen MR) is 318 cm³/mol. The third-order valence-corrected chi connectivity index (χ3v) is 15.0. The average Bonchev–Trinajstić information content (AvgIpc) is 3.50. The number of aliphatic imine (C=N–C) groups is 1. The van der Waals surface area contributed by atoms with Gasteiger partial charge in [0.15, 0.2) is 5.96 Å². The molecule has 0 unspecified atom stereocenters. The van der Waals surface area contributed by atoms with E-state index in [1.165, 1.54) is 55.5 Å². The van der Waals surface area contributed by atoms with Gasteiger partial charge in [0.25, 0.3) is 0 Å². The Hall–Kier alpha value is -8.06. The maximum Gasteiger partial charge on any atom is 0.326 e. The Labute approximate surface area is 504 Å². The van der Waals surface area contributed by atoms with Crippen LogP contribution in [0.3, 0.4) is 0 Å². The lowest BCUT2D eigenvalue weighted by atomic mass is 9.94. The first kappa shape index (κ1) is 74.0. The number of amides is 9. The fourth-order valence-electron chi connectivity index (χ4n) is 8.38. The maximum absolute atomic E-state index is 14.6. The van der Waals surface area contributed by atoms with Gasteiger partial charge in [-0.05, 0) is 80.1 Å². The number of carboxylic acid groups (broad SMARTS) is 2. The van der Waals surface area contributed by atoms with Crippen LogP contribution in [0.15, 0.2) is 41.8 Å². The fourth-order valence-corrected chi connectivity index (χ4v) is 8.87. The molecular weight excluding hydrogens is 1140 g/mol. The Kier molecular flexibility index (Phi) is 32.8. The molecule has 1 heterocycles. The van der Waals surface area contributed by atoms with Crippen LogP contribution in [0.1, 0.15) is 111 Å². The van der Waals surface area contributed by atoms with Crippen LogP contribution in [0.5, 0.6) is 5.75 Å². The highest BCUT2D eigenvalue weighted by Gasteiger charge is 2.38. The van der Waals surface area contributed by atoms with Crippen molar-refractivity contribution < 1.29 is 73.2 Å². The highest BCUT2D eigenvalue weighted by molar-refractivity contribution is 7.98. The van der Waals surface area contributed by atoms with Crippen molar-refractivity contribution in [2.45, 2.75) is 173 Å². The summed E-state index contributed by atoms with van der Waals surface area (Å²) in [6, 6.07) is -8.32. The van der Waals surface area contributed by atoms with Gasteiger partial charge in [-0.3, -0.25) is 52.9 Å². The third-order valence-electron chi connectivity index (χ3n) is 14.4. The van der Waals surface area contributed by atoms with E-state index in [0.717, 1.165) is 0 Å². The number of phenols is 1. The second-order valence-corrected chi connectivity index (χ2v) is 22.1. The first-order valence-electron chi connectivity index (χ1n) is 28.4. The number of carbonyl (C=O) groups excluding carboxylic acids is 9. The summed E-state index contributed by atoms with van der Waals surface area (Å²) in [6.45, 7) is 10.5. The molecule has 30 nitrogen and oxygen atoms in total. The number of carbonyl (C=O) groups is 11. The van der Waals surface area contributed by atoms with Gasteiger partial charge in [0.1, 0.15) is 60.1 Å². The lowest BCUT2D eigenvalue weighted by Gasteiger charge is -2.31. The van der Waals surface area contributed by atoms with Crippen molar-refractivity contribution in [3.05, 3.63) is 48.0 Å². The molecule has 2 rings (SSSR count). The first-order chi connectivity index (χ1) is 40.6. The number of aromatic nitrogens is 2. The molecule has 0 saturated carbocycles. The fraction of sp³-hybridized carbons (Fsp3) is 0.618. The molecule has 20 N–H and O–H groups in total. The summed E-state index contributed by atoms with van der Waals surface area (Å²) in [5, 5.41) is 62.3. The third kappa shape index (κ3) is 25.7. The number of benzene rings is 1. The minimum atomic E-state index is -1.71. The van der Waals surface area contributed by atoms with E-state index in [9.17, 15) is 73.2 Å². The van der Waals surface area contributed by atoms with Crippen LogP contribution in [0.4, 0.5) is 0 Å². The van der Waals surface area contributed by atoms with E-state index < -0.39 is 163 Å². The minimum Gasteiger partial charge on any atom is -0.508 e. The van der Waals surface area contributed by atoms with Crippen molar-refractivity contribution >= 4 is 82.8 Å². The molecule has 13 atom stereocenters. The molecule has 9 amide bonds. The summed E-state index contributed by atoms with van der Waals surface area (Å²) in [7, 11) is 0. The Morgan fingerprint density at radius 3 is 1.56 bits per heavy atom. The van der Waals surface area contributed by atoms with Gasteiger partial charge < -0.3 is 90.5 Å². The number of aliphatic carboxylic acids is 2. The van der Waals surface area contributed by atoms with Crippen molar-refractivity contribution in [1.82, 2.24) is 57.8 Å². The second-order valence-electron chi connectivity index (χ2n) is 21.1. The summed E-state index contributed by atoms with van der Waals surface area (Å²) in [6.07, 6.45) is 4.24. The summed E-state index contributed by atoms with van der Waals surface area (Å²) in [5.74, 6) is -12.2. The van der Waals surface area contributed by atoms with E-state index in [1.54, 1.807) is 34.6 Å². The number of nitrogens with zero attached hydrogens (tertiary/aromatic N) is 2. The van der Waals surface area contributed by atoms with E-state index >= 15 is 0 Å². The number of thioether (sulfide) groups is 1. The Morgan fingerprint density at radius 1 is 0.593 bits per heavy atom. The van der Waals surface area contributed by atoms with Gasteiger partial charge >= 0.3 is 11.9 Å². The molecule has 0 aliphatic carbocycles. The van der Waals surface area contributed by atoms with Gasteiger partial charge in [-0.15, -0.1) is 0 Å². The number of H-pyrrole nitrogens is 1. The normalized spacial score (nSPS) is 15.7. The van der Waals surface area contributed by atoms with Crippen LogP contribution in [-0.2, 0) is 65.6 Å². The van der Waals surface area contributed by atoms with Gasteiger partial charge in [0.2, 0.25) is 53.2 Å². The number of imidazole rings is 1. The quantitative estimate of drug-likeness (QED) is 0.0186. The zero-order valence-corrected chi connectivity index (χ0v) is 50.8. The summed E-state index contributed by atoms with van der Waals surface area (Å²) in [5.41, 5.74) is 18.0. The Morgan fingerprint density at radius 2 is 1.06 bits per heavy atom. The van der Waals surface area contributed by atoms with E-state index in [0.29, 0.717) is 36.3 Å². The van der Waals surface area contributed by atoms with Crippen LogP contribution in [-0.4, -0.2) is 187 Å². The minimum absolute atomic E-state index is 0.0222. The van der Waals surface area contributed by atoms with Gasteiger partial charge in [-0.2, -0.15) is 11.8 Å². The van der Waals surface area contributed by atoms with Gasteiger partial charge in [-0.1, -0.05) is 72.9 Å². The average molecular weight is 1230 g/mol. The molecule has 0 fully saturated rings. The number of carboxylic acids is 2. The molecule has 0 aliphatic heterocycles. The van der Waals surface area contributed by atoms with E-state index in [-0.39, 0.29) is 50.4 Å². The Balaban J connectivity index is 2.46. The highest BCUT2D eigenvalue weighted by atomic mass is 32.2. The number of hydrogen-bond donors (Lipinski definition) is 17. The molecule has 0 saturated heterocycles. The lowest BCUT2D eigenvalue weighted by molar-refractivity contribution is -0.142. The molecule has 86 heavy (non-hydrogen) atoms. The molecule has 0 spiro atoms. The lowest BCUT2D eigenvalue weighted by Crippen LogP contribution is -2.62. The number of hydrogen-bond acceptors (Lipinski definition) is 17. The molecule has 0 radical (unpaired) electrons. The zero-order valence-electron chi connectivity index (χ0n) is 50.0. The molecule has 0 bridgehead atoms. The highest BCUT2D eigenvalue weighted by Crippen LogP contribution is 2.17. The van der Waals surface area contributed by atoms with Crippen LogP contribution < -0.4 is 65.1 Å². The number of aromatic amines is 1.